The Morgan fingerprint density at radius 3 is 2.93 bits per heavy atom. The maximum Gasteiger partial charge on any atom is 0.235 e. The predicted octanol–water partition coefficient (Wildman–Crippen LogP) is 1.84. The van der Waals surface area contributed by atoms with Crippen molar-refractivity contribution in [3.05, 3.63) is 46.1 Å². The molecule has 0 heterocycles. The molecule has 15 heavy (non-hydrogen) atoms. The molecule has 0 aliphatic carbocycles. The van der Waals surface area contributed by atoms with Gasteiger partial charge in [-0.25, -0.2) is 0 Å². The van der Waals surface area contributed by atoms with Gasteiger partial charge in [0.1, 0.15) is 11.8 Å². The van der Waals surface area contributed by atoms with E-state index >= 15 is 0 Å². The van der Waals surface area contributed by atoms with Crippen molar-refractivity contribution in [2.75, 3.05) is 6.61 Å². The summed E-state index contributed by atoms with van der Waals surface area (Å²) in [6.07, 6.45) is 2.15. The number of nitrogens with zero attached hydrogens (tertiary/aromatic N) is 2. The van der Waals surface area contributed by atoms with E-state index in [1.54, 1.807) is 24.3 Å². The molecule has 76 valence electrons. The zero-order chi connectivity index (χ0) is 11.1. The summed E-state index contributed by atoms with van der Waals surface area (Å²) in [6, 6.07) is 8.62. The molecule has 5 nitrogen and oxygen atoms in total. The molecular weight excluding hydrogens is 196 g/mol. The molecular formula is C10H8N2O3. The smallest absolute Gasteiger partial charge is 0.235 e. The minimum Gasteiger partial charge on any atom is -0.478 e. The van der Waals surface area contributed by atoms with E-state index in [1.165, 1.54) is 6.08 Å². The molecule has 1 rings (SSSR count). The molecule has 0 aromatic heterocycles. The first-order valence-corrected chi connectivity index (χ1v) is 4.14. The van der Waals surface area contributed by atoms with Crippen LogP contribution in [0.25, 0.3) is 6.08 Å². The minimum atomic E-state index is -0.554. The number of benzene rings is 1. The van der Waals surface area contributed by atoms with Crippen molar-refractivity contribution in [2.45, 2.75) is 0 Å². The standard InChI is InChI=1S/C10H8N2O3/c11-6-8-15-10-4-2-1-3-9(10)5-7-12(13)14/h1-5,7H,8H2. The third-order valence-electron chi connectivity index (χ3n) is 1.59. The molecule has 0 saturated heterocycles. The number of para-hydroxylation sites is 1. The fourth-order valence-corrected chi connectivity index (χ4v) is 1.00. The Kier molecular flexibility index (Phi) is 3.86. The van der Waals surface area contributed by atoms with Crippen molar-refractivity contribution in [3.63, 3.8) is 0 Å². The summed E-state index contributed by atoms with van der Waals surface area (Å²) in [5, 5.41) is 18.5. The Morgan fingerprint density at radius 1 is 1.53 bits per heavy atom. The van der Waals surface area contributed by atoms with E-state index in [2.05, 4.69) is 0 Å². The summed E-state index contributed by atoms with van der Waals surface area (Å²) in [5.41, 5.74) is 0.574. The zero-order valence-electron chi connectivity index (χ0n) is 7.79. The van der Waals surface area contributed by atoms with Crippen LogP contribution in [0.3, 0.4) is 0 Å². The fraction of sp³-hybridized carbons (Fsp3) is 0.100. The number of nitro groups is 1. The number of nitriles is 1. The van der Waals surface area contributed by atoms with Crippen molar-refractivity contribution in [1.82, 2.24) is 0 Å². The van der Waals surface area contributed by atoms with Gasteiger partial charge in [0.05, 0.1) is 4.92 Å². The highest BCUT2D eigenvalue weighted by Crippen LogP contribution is 2.19. The summed E-state index contributed by atoms with van der Waals surface area (Å²) in [5.74, 6) is 0.456. The Bertz CT molecular complexity index is 421. The largest absolute Gasteiger partial charge is 0.478 e. The van der Waals surface area contributed by atoms with Crippen LogP contribution in [0.15, 0.2) is 30.5 Å². The number of hydrogen-bond donors (Lipinski definition) is 0. The summed E-state index contributed by atoms with van der Waals surface area (Å²) in [7, 11) is 0. The average molecular weight is 204 g/mol. The van der Waals surface area contributed by atoms with Crippen LogP contribution in [0, 0.1) is 21.4 Å². The molecule has 0 atom stereocenters. The van der Waals surface area contributed by atoms with Gasteiger partial charge < -0.3 is 4.74 Å². The Balaban J connectivity index is 2.86. The van der Waals surface area contributed by atoms with Gasteiger partial charge in [-0.3, -0.25) is 10.1 Å². The Labute approximate surface area is 86.4 Å². The van der Waals surface area contributed by atoms with E-state index in [9.17, 15) is 10.1 Å². The first-order chi connectivity index (χ1) is 7.24. The SMILES string of the molecule is N#CCOc1ccccc1C=C[N+](=O)[O-]. The van der Waals surface area contributed by atoms with Gasteiger partial charge in [-0.2, -0.15) is 5.26 Å². The van der Waals surface area contributed by atoms with Crippen LogP contribution in [0.1, 0.15) is 5.56 Å². The molecule has 0 spiro atoms. The lowest BCUT2D eigenvalue weighted by Crippen LogP contribution is -1.95. The lowest BCUT2D eigenvalue weighted by atomic mass is 10.2. The van der Waals surface area contributed by atoms with Gasteiger partial charge in [0, 0.05) is 11.6 Å². The Morgan fingerprint density at radius 2 is 2.27 bits per heavy atom. The van der Waals surface area contributed by atoms with Crippen molar-refractivity contribution in [1.29, 1.82) is 5.26 Å². The van der Waals surface area contributed by atoms with Crippen LogP contribution in [0.2, 0.25) is 0 Å². The summed E-state index contributed by atoms with van der Waals surface area (Å²) >= 11 is 0. The predicted molar refractivity (Wildman–Crippen MR) is 53.6 cm³/mol. The minimum absolute atomic E-state index is 0.0800. The molecule has 0 saturated carbocycles. The molecule has 0 aliphatic heterocycles. The van der Waals surface area contributed by atoms with Crippen LogP contribution < -0.4 is 4.74 Å². The first-order valence-electron chi connectivity index (χ1n) is 4.14. The van der Waals surface area contributed by atoms with Crippen LogP contribution in [0.4, 0.5) is 0 Å². The first kappa shape index (κ1) is 10.7. The van der Waals surface area contributed by atoms with E-state index in [0.29, 0.717) is 11.3 Å². The number of hydrogen-bond acceptors (Lipinski definition) is 4. The number of rotatable bonds is 4. The maximum absolute atomic E-state index is 10.1. The van der Waals surface area contributed by atoms with Crippen LogP contribution in [-0.2, 0) is 0 Å². The topological polar surface area (TPSA) is 76.2 Å². The van der Waals surface area contributed by atoms with Crippen LogP contribution in [-0.4, -0.2) is 11.5 Å². The van der Waals surface area contributed by atoms with Crippen LogP contribution in [0.5, 0.6) is 5.75 Å². The summed E-state index contributed by atoms with van der Waals surface area (Å²) in [4.78, 5) is 9.57. The van der Waals surface area contributed by atoms with Gasteiger partial charge >= 0.3 is 0 Å². The highest BCUT2D eigenvalue weighted by molar-refractivity contribution is 5.56. The molecule has 0 aliphatic rings. The molecule has 0 fully saturated rings. The highest BCUT2D eigenvalue weighted by atomic mass is 16.6. The van der Waals surface area contributed by atoms with Gasteiger partial charge in [0.15, 0.2) is 6.61 Å². The van der Waals surface area contributed by atoms with E-state index < -0.39 is 4.92 Å². The summed E-state index contributed by atoms with van der Waals surface area (Å²) < 4.78 is 5.08. The molecule has 0 unspecified atom stereocenters. The van der Waals surface area contributed by atoms with E-state index in [1.807, 2.05) is 6.07 Å². The van der Waals surface area contributed by atoms with Crippen LogP contribution >= 0.6 is 0 Å². The lowest BCUT2D eigenvalue weighted by molar-refractivity contribution is -0.400. The second kappa shape index (κ2) is 5.40. The van der Waals surface area contributed by atoms with Gasteiger partial charge in [0.25, 0.3) is 0 Å². The van der Waals surface area contributed by atoms with Gasteiger partial charge in [0.2, 0.25) is 6.20 Å². The monoisotopic (exact) mass is 204 g/mol. The van der Waals surface area contributed by atoms with E-state index in [4.69, 9.17) is 10.00 Å². The second-order valence-corrected chi connectivity index (χ2v) is 2.59. The Hall–Kier alpha value is -2.35. The van der Waals surface area contributed by atoms with E-state index in [0.717, 1.165) is 6.20 Å². The van der Waals surface area contributed by atoms with Gasteiger partial charge in [-0.15, -0.1) is 0 Å². The fourth-order valence-electron chi connectivity index (χ4n) is 1.00. The third kappa shape index (κ3) is 3.48. The number of ether oxygens (including phenoxy) is 1. The van der Waals surface area contributed by atoms with Crippen molar-refractivity contribution < 1.29 is 9.66 Å². The third-order valence-corrected chi connectivity index (χ3v) is 1.59. The van der Waals surface area contributed by atoms with Gasteiger partial charge in [-0.05, 0) is 6.07 Å². The van der Waals surface area contributed by atoms with Crippen molar-refractivity contribution in [3.8, 4) is 11.8 Å². The van der Waals surface area contributed by atoms with Crippen molar-refractivity contribution in [2.24, 2.45) is 0 Å². The quantitative estimate of drug-likeness (QED) is 0.553. The lowest BCUT2D eigenvalue weighted by Gasteiger charge is -2.03. The molecule has 0 bridgehead atoms. The maximum atomic E-state index is 10.1. The molecule has 0 N–H and O–H groups in total. The molecule has 1 aromatic rings. The summed E-state index contributed by atoms with van der Waals surface area (Å²) in [6.45, 7) is -0.0800. The highest BCUT2D eigenvalue weighted by Gasteiger charge is 2.00. The normalized spacial score (nSPS) is 9.80. The molecule has 1 aromatic carbocycles. The zero-order valence-corrected chi connectivity index (χ0v) is 7.79. The molecule has 0 amide bonds. The van der Waals surface area contributed by atoms with Crippen molar-refractivity contribution >= 4 is 6.08 Å². The molecule has 0 radical (unpaired) electrons. The molecule has 5 heteroatoms. The van der Waals surface area contributed by atoms with E-state index in [-0.39, 0.29) is 6.61 Å². The van der Waals surface area contributed by atoms with Gasteiger partial charge in [-0.1, -0.05) is 18.2 Å². The second-order valence-electron chi connectivity index (χ2n) is 2.59. The average Bonchev–Trinajstić information content (AvgIpc) is 2.24.